The van der Waals surface area contributed by atoms with E-state index in [1.807, 2.05) is 0 Å². The van der Waals surface area contributed by atoms with E-state index in [-0.39, 0.29) is 30.0 Å². The molecular formula is C14H19FNO6S2-. The molecule has 0 aliphatic rings. The third-order valence-corrected chi connectivity index (χ3v) is 6.00. The van der Waals surface area contributed by atoms with E-state index in [2.05, 4.69) is 0 Å². The first kappa shape index (κ1) is 20.5. The minimum absolute atomic E-state index is 0.00444. The molecule has 1 aromatic carbocycles. The summed E-state index contributed by atoms with van der Waals surface area (Å²) in [5, 5.41) is 9.04. The fourth-order valence-electron chi connectivity index (χ4n) is 2.23. The fraction of sp³-hybridized carbons (Fsp3) is 0.500. The first-order valence-corrected chi connectivity index (χ1v) is 10.1. The molecule has 10 heteroatoms. The monoisotopic (exact) mass is 380 g/mol. The maximum absolute atomic E-state index is 14.4. The van der Waals surface area contributed by atoms with Crippen molar-refractivity contribution in [3.05, 3.63) is 29.1 Å². The zero-order valence-electron chi connectivity index (χ0n) is 13.3. The Balaban J connectivity index is 3.04. The van der Waals surface area contributed by atoms with Crippen molar-refractivity contribution in [3.8, 4) is 0 Å². The van der Waals surface area contributed by atoms with Crippen molar-refractivity contribution in [2.45, 2.75) is 26.7 Å². The van der Waals surface area contributed by atoms with Crippen LogP contribution in [0.25, 0.3) is 0 Å². The van der Waals surface area contributed by atoms with Crippen molar-refractivity contribution in [2.24, 2.45) is 0 Å². The molecule has 0 bridgehead atoms. The number of hydrogen-bond donors (Lipinski definition) is 1. The first-order chi connectivity index (χ1) is 11.1. The van der Waals surface area contributed by atoms with Gasteiger partial charge in [-0.3, -0.25) is 8.51 Å². The molecular weight excluding hydrogens is 361 g/mol. The van der Waals surface area contributed by atoms with Crippen LogP contribution in [0.3, 0.4) is 0 Å². The molecule has 0 aliphatic carbocycles. The number of rotatable bonds is 9. The largest absolute Gasteiger partial charge is 0.755 e. The average molecular weight is 380 g/mol. The van der Waals surface area contributed by atoms with E-state index in [0.717, 1.165) is 6.07 Å². The van der Waals surface area contributed by atoms with Gasteiger partial charge in [0.25, 0.3) is 0 Å². The van der Waals surface area contributed by atoms with E-state index < -0.39 is 44.1 Å². The van der Waals surface area contributed by atoms with Crippen molar-refractivity contribution in [1.29, 1.82) is 0 Å². The van der Waals surface area contributed by atoms with E-state index in [1.165, 1.54) is 13.0 Å². The number of carboxylic acids is 1. The lowest BCUT2D eigenvalue weighted by Gasteiger charge is -2.27. The van der Waals surface area contributed by atoms with E-state index in [1.54, 1.807) is 6.92 Å². The zero-order valence-corrected chi connectivity index (χ0v) is 15.0. The lowest BCUT2D eigenvalue weighted by Crippen LogP contribution is -2.29. The Morgan fingerprint density at radius 1 is 1.38 bits per heavy atom. The van der Waals surface area contributed by atoms with Gasteiger partial charge in [0, 0.05) is 23.6 Å². The van der Waals surface area contributed by atoms with Crippen LogP contribution in [0.5, 0.6) is 0 Å². The van der Waals surface area contributed by atoms with Crippen LogP contribution in [-0.4, -0.2) is 46.3 Å². The highest BCUT2D eigenvalue weighted by Crippen LogP contribution is 2.26. The lowest BCUT2D eigenvalue weighted by atomic mass is 10.1. The molecule has 1 N–H and O–H groups in total. The van der Waals surface area contributed by atoms with E-state index in [9.17, 15) is 26.4 Å². The third-order valence-electron chi connectivity index (χ3n) is 3.32. The van der Waals surface area contributed by atoms with Gasteiger partial charge >= 0.3 is 5.97 Å². The standard InChI is InChI=1S/C14H20FNO6S2/c1-3-8-24(21,22)9-4-7-16(23(19)20)11-6-5-10(2)12(13(11)15)14(17)18/h5-6H,3-4,7-9H2,1-2H3,(H,17,18)(H,19,20)/p-1. The van der Waals surface area contributed by atoms with E-state index in [0.29, 0.717) is 10.7 Å². The second-order valence-electron chi connectivity index (χ2n) is 5.22. The predicted molar refractivity (Wildman–Crippen MR) is 87.9 cm³/mol. The molecule has 1 aromatic rings. The van der Waals surface area contributed by atoms with Crippen molar-refractivity contribution in [1.82, 2.24) is 0 Å². The summed E-state index contributed by atoms with van der Waals surface area (Å²) < 4.78 is 61.0. The normalized spacial score (nSPS) is 12.8. The summed E-state index contributed by atoms with van der Waals surface area (Å²) in [6.45, 7) is 2.84. The van der Waals surface area contributed by atoms with Gasteiger partial charge in [-0.1, -0.05) is 13.0 Å². The number of nitrogens with zero attached hydrogens (tertiary/aromatic N) is 1. The molecule has 0 fully saturated rings. The average Bonchev–Trinajstić information content (AvgIpc) is 2.44. The molecule has 0 spiro atoms. The molecule has 0 aliphatic heterocycles. The molecule has 0 amide bonds. The molecule has 7 nitrogen and oxygen atoms in total. The number of halogens is 1. The Morgan fingerprint density at radius 3 is 2.50 bits per heavy atom. The van der Waals surface area contributed by atoms with Crippen LogP contribution in [0, 0.1) is 12.7 Å². The smallest absolute Gasteiger partial charge is 0.339 e. The van der Waals surface area contributed by atoms with Gasteiger partial charge in [-0.25, -0.2) is 17.6 Å². The van der Waals surface area contributed by atoms with Crippen molar-refractivity contribution in [3.63, 3.8) is 0 Å². The van der Waals surface area contributed by atoms with E-state index >= 15 is 0 Å². The second kappa shape index (κ2) is 8.54. The van der Waals surface area contributed by atoms with Crippen LogP contribution in [0.4, 0.5) is 10.1 Å². The summed E-state index contributed by atoms with van der Waals surface area (Å²) in [6.07, 6.45) is 0.431. The Bertz CT molecular complexity index is 735. The van der Waals surface area contributed by atoms with Gasteiger partial charge in [0.2, 0.25) is 0 Å². The maximum Gasteiger partial charge on any atom is 0.339 e. The second-order valence-corrected chi connectivity index (χ2v) is 8.40. The number of carboxylic acid groups (broad SMARTS) is 1. The molecule has 0 aromatic heterocycles. The molecule has 1 rings (SSSR count). The number of aromatic carboxylic acids is 1. The highest BCUT2D eigenvalue weighted by atomic mass is 32.2. The van der Waals surface area contributed by atoms with Gasteiger partial charge in [0.1, 0.15) is 15.4 Å². The number of sulfone groups is 1. The summed E-state index contributed by atoms with van der Waals surface area (Å²) in [6, 6.07) is 2.46. The molecule has 24 heavy (non-hydrogen) atoms. The molecule has 136 valence electrons. The number of benzene rings is 1. The summed E-state index contributed by atoms with van der Waals surface area (Å²) in [5.74, 6) is -2.90. The highest BCUT2D eigenvalue weighted by molar-refractivity contribution is 7.91. The van der Waals surface area contributed by atoms with E-state index in [4.69, 9.17) is 5.11 Å². The highest BCUT2D eigenvalue weighted by Gasteiger charge is 2.22. The van der Waals surface area contributed by atoms with Crippen LogP contribution < -0.4 is 4.31 Å². The van der Waals surface area contributed by atoms with Gasteiger partial charge in [0.15, 0.2) is 5.82 Å². The van der Waals surface area contributed by atoms with Gasteiger partial charge < -0.3 is 9.66 Å². The Kier molecular flexibility index (Phi) is 7.30. The summed E-state index contributed by atoms with van der Waals surface area (Å²) in [4.78, 5) is 11.1. The first-order valence-electron chi connectivity index (χ1n) is 7.20. The Hall–Kier alpha value is -1.52. The summed E-state index contributed by atoms with van der Waals surface area (Å²) >= 11 is -2.87. The number of aryl methyl sites for hydroxylation is 1. The third kappa shape index (κ3) is 5.25. The fourth-order valence-corrected chi connectivity index (χ4v) is 4.21. The minimum atomic E-state index is -3.29. The molecule has 1 atom stereocenters. The molecule has 1 unspecified atom stereocenters. The van der Waals surface area contributed by atoms with Gasteiger partial charge in [-0.15, -0.1) is 0 Å². The maximum atomic E-state index is 14.4. The number of hydrogen-bond acceptors (Lipinski definition) is 5. The predicted octanol–water partition coefficient (Wildman–Crippen LogP) is 1.65. The molecule has 0 radical (unpaired) electrons. The number of carbonyl (C=O) groups is 1. The van der Waals surface area contributed by atoms with Crippen LogP contribution in [0.1, 0.15) is 35.7 Å². The van der Waals surface area contributed by atoms with Gasteiger partial charge in [0.05, 0.1) is 11.4 Å². The summed E-state index contributed by atoms with van der Waals surface area (Å²) in [5.41, 5.74) is -0.869. The van der Waals surface area contributed by atoms with Crippen LogP contribution in [0.15, 0.2) is 12.1 Å². The zero-order chi connectivity index (χ0) is 18.5. The van der Waals surface area contributed by atoms with Crippen molar-refractivity contribution < 1.29 is 31.5 Å². The lowest BCUT2D eigenvalue weighted by molar-refractivity contribution is 0.0691. The minimum Gasteiger partial charge on any atom is -0.755 e. The SMILES string of the molecule is CCCS(=O)(=O)CCCN(c1ccc(C)c(C(=O)O)c1F)S(=O)[O-]. The topological polar surface area (TPSA) is 115 Å². The quantitative estimate of drug-likeness (QED) is 0.651. The molecule has 0 saturated carbocycles. The van der Waals surface area contributed by atoms with Crippen molar-refractivity contribution in [2.75, 3.05) is 22.4 Å². The molecule has 0 saturated heterocycles. The Labute approximate surface area is 142 Å². The summed E-state index contributed by atoms with van der Waals surface area (Å²) in [7, 11) is -3.29. The van der Waals surface area contributed by atoms with Gasteiger partial charge in [-0.05, 0) is 31.4 Å². The van der Waals surface area contributed by atoms with Crippen LogP contribution in [0.2, 0.25) is 0 Å². The van der Waals surface area contributed by atoms with Crippen molar-refractivity contribution >= 4 is 32.8 Å². The van der Waals surface area contributed by atoms with Crippen LogP contribution >= 0.6 is 0 Å². The Morgan fingerprint density at radius 2 is 2.00 bits per heavy atom. The van der Waals surface area contributed by atoms with Crippen LogP contribution in [-0.2, 0) is 21.1 Å². The number of anilines is 1. The van der Waals surface area contributed by atoms with Gasteiger partial charge in [-0.2, -0.15) is 0 Å². The molecule has 0 heterocycles.